The van der Waals surface area contributed by atoms with E-state index in [4.69, 9.17) is 16.2 Å². The van der Waals surface area contributed by atoms with Crippen LogP contribution in [0.5, 0.6) is 0 Å². The number of nitrogens with two attached hydrogens (primary N) is 2. The number of urea groups is 1. The number of hydrogen-bond acceptors (Lipinski definition) is 5. The summed E-state index contributed by atoms with van der Waals surface area (Å²) in [5.74, 6) is -1.48. The second-order valence-corrected chi connectivity index (χ2v) is 3.52. The number of amides is 3. The van der Waals surface area contributed by atoms with E-state index in [9.17, 15) is 14.4 Å². The van der Waals surface area contributed by atoms with Crippen LogP contribution < -0.4 is 16.8 Å². The number of primary amides is 1. The van der Waals surface area contributed by atoms with Gasteiger partial charge in [-0.1, -0.05) is 0 Å². The third kappa shape index (κ3) is 3.78. The van der Waals surface area contributed by atoms with Gasteiger partial charge in [0.2, 0.25) is 0 Å². The second kappa shape index (κ2) is 5.67. The Morgan fingerprint density at radius 2 is 1.78 bits per heavy atom. The lowest BCUT2D eigenvalue weighted by molar-refractivity contribution is -0.127. The van der Waals surface area contributed by atoms with Crippen LogP contribution in [0.3, 0.4) is 0 Å². The van der Waals surface area contributed by atoms with E-state index in [1.807, 2.05) is 5.32 Å². The van der Waals surface area contributed by atoms with Crippen molar-refractivity contribution in [2.75, 3.05) is 5.73 Å². The van der Waals surface area contributed by atoms with Gasteiger partial charge in [-0.25, -0.2) is 9.59 Å². The predicted octanol–water partition coefficient (Wildman–Crippen LogP) is 0.00900. The van der Waals surface area contributed by atoms with Crippen LogP contribution in [0.4, 0.5) is 10.5 Å². The average Bonchev–Trinajstić information content (AvgIpc) is 2.28. The highest BCUT2D eigenvalue weighted by Crippen LogP contribution is 2.08. The van der Waals surface area contributed by atoms with Crippen LogP contribution in [0.2, 0.25) is 0 Å². The van der Waals surface area contributed by atoms with Gasteiger partial charge in [0, 0.05) is 5.69 Å². The minimum atomic E-state index is -1.12. The lowest BCUT2D eigenvalue weighted by Gasteiger charge is -2.11. The molecule has 0 aliphatic heterocycles. The van der Waals surface area contributed by atoms with Crippen LogP contribution in [-0.4, -0.2) is 24.0 Å². The number of imide groups is 1. The Bertz CT molecular complexity index is 470. The standard InChI is InChI=1S/C11H13N3O4/c1-6(9(15)14-11(13)17)18-10(16)7-2-4-8(12)5-3-7/h2-6H,12H2,1H3,(H3,13,14,15,17). The molecule has 0 aromatic heterocycles. The van der Waals surface area contributed by atoms with Gasteiger partial charge in [-0.15, -0.1) is 0 Å². The molecule has 0 heterocycles. The van der Waals surface area contributed by atoms with Gasteiger partial charge < -0.3 is 16.2 Å². The van der Waals surface area contributed by atoms with E-state index in [0.717, 1.165) is 0 Å². The summed E-state index contributed by atoms with van der Waals surface area (Å²) in [5, 5.41) is 1.81. The van der Waals surface area contributed by atoms with Crippen molar-refractivity contribution in [2.24, 2.45) is 5.73 Å². The zero-order valence-corrected chi connectivity index (χ0v) is 9.67. The molecule has 5 N–H and O–H groups in total. The summed E-state index contributed by atoms with van der Waals surface area (Å²) in [7, 11) is 0. The molecule has 0 radical (unpaired) electrons. The molecule has 1 aromatic rings. The van der Waals surface area contributed by atoms with Gasteiger partial charge in [0.1, 0.15) is 0 Å². The van der Waals surface area contributed by atoms with Crippen LogP contribution in [0.25, 0.3) is 0 Å². The molecule has 3 amide bonds. The number of ether oxygens (including phenoxy) is 1. The highest BCUT2D eigenvalue weighted by molar-refractivity contribution is 5.98. The fourth-order valence-corrected chi connectivity index (χ4v) is 1.12. The molecule has 1 rings (SSSR count). The number of rotatable bonds is 3. The topological polar surface area (TPSA) is 125 Å². The lowest BCUT2D eigenvalue weighted by atomic mass is 10.2. The summed E-state index contributed by atoms with van der Waals surface area (Å²) in [5.41, 5.74) is 11.0. The molecule has 1 unspecified atom stereocenters. The number of carbonyl (C=O) groups excluding carboxylic acids is 3. The normalized spacial score (nSPS) is 11.4. The third-order valence-corrected chi connectivity index (χ3v) is 2.05. The molecular formula is C11H13N3O4. The highest BCUT2D eigenvalue weighted by Gasteiger charge is 2.19. The maximum Gasteiger partial charge on any atom is 0.338 e. The molecule has 1 aromatic carbocycles. The van der Waals surface area contributed by atoms with Crippen molar-refractivity contribution < 1.29 is 19.1 Å². The number of esters is 1. The molecule has 0 fully saturated rings. The summed E-state index contributed by atoms with van der Waals surface area (Å²) in [4.78, 5) is 33.3. The molecule has 0 saturated heterocycles. The molecule has 0 aliphatic carbocycles. The summed E-state index contributed by atoms with van der Waals surface area (Å²) >= 11 is 0. The fourth-order valence-electron chi connectivity index (χ4n) is 1.12. The van der Waals surface area contributed by atoms with Crippen LogP contribution in [-0.2, 0) is 9.53 Å². The van der Waals surface area contributed by atoms with E-state index in [-0.39, 0.29) is 5.56 Å². The van der Waals surface area contributed by atoms with E-state index in [1.54, 1.807) is 0 Å². The van der Waals surface area contributed by atoms with Crippen molar-refractivity contribution >= 4 is 23.6 Å². The number of carbonyl (C=O) groups is 3. The minimum absolute atomic E-state index is 0.253. The van der Waals surface area contributed by atoms with Gasteiger partial charge in [-0.3, -0.25) is 10.1 Å². The Hall–Kier alpha value is -2.57. The quantitative estimate of drug-likeness (QED) is 0.515. The predicted molar refractivity (Wildman–Crippen MR) is 63.5 cm³/mol. The second-order valence-electron chi connectivity index (χ2n) is 3.52. The first-order valence-electron chi connectivity index (χ1n) is 5.07. The summed E-state index contributed by atoms with van der Waals surface area (Å²) in [6.07, 6.45) is -1.12. The summed E-state index contributed by atoms with van der Waals surface area (Å²) < 4.78 is 4.84. The van der Waals surface area contributed by atoms with E-state index in [1.165, 1.54) is 31.2 Å². The molecular weight excluding hydrogens is 238 g/mol. The first kappa shape index (κ1) is 13.5. The van der Waals surface area contributed by atoms with Gasteiger partial charge in [-0.05, 0) is 31.2 Å². The molecule has 18 heavy (non-hydrogen) atoms. The van der Waals surface area contributed by atoms with Crippen molar-refractivity contribution in [3.05, 3.63) is 29.8 Å². The van der Waals surface area contributed by atoms with Crippen LogP contribution >= 0.6 is 0 Å². The molecule has 0 spiro atoms. The van der Waals surface area contributed by atoms with Crippen LogP contribution in [0.15, 0.2) is 24.3 Å². The van der Waals surface area contributed by atoms with E-state index in [0.29, 0.717) is 5.69 Å². The van der Waals surface area contributed by atoms with Crippen LogP contribution in [0, 0.1) is 0 Å². The first-order chi connectivity index (χ1) is 8.40. The molecule has 7 heteroatoms. The number of anilines is 1. The van der Waals surface area contributed by atoms with E-state index in [2.05, 4.69) is 0 Å². The monoisotopic (exact) mass is 251 g/mol. The minimum Gasteiger partial charge on any atom is -0.449 e. The Morgan fingerprint density at radius 1 is 1.22 bits per heavy atom. The highest BCUT2D eigenvalue weighted by atomic mass is 16.5. The fraction of sp³-hybridized carbons (Fsp3) is 0.182. The molecule has 1 atom stereocenters. The molecule has 96 valence electrons. The summed E-state index contributed by atoms with van der Waals surface area (Å²) in [6.45, 7) is 1.33. The maximum absolute atomic E-state index is 11.6. The van der Waals surface area contributed by atoms with E-state index < -0.39 is 24.0 Å². The largest absolute Gasteiger partial charge is 0.449 e. The van der Waals surface area contributed by atoms with Gasteiger partial charge in [0.05, 0.1) is 5.56 Å². The van der Waals surface area contributed by atoms with Crippen molar-refractivity contribution in [3.8, 4) is 0 Å². The van der Waals surface area contributed by atoms with Crippen molar-refractivity contribution in [1.82, 2.24) is 5.32 Å². The number of hydrogen-bond donors (Lipinski definition) is 3. The molecule has 0 aliphatic rings. The molecule has 7 nitrogen and oxygen atoms in total. The Kier molecular flexibility index (Phi) is 4.25. The van der Waals surface area contributed by atoms with Crippen LogP contribution in [0.1, 0.15) is 17.3 Å². The zero-order valence-electron chi connectivity index (χ0n) is 9.67. The molecule has 0 bridgehead atoms. The van der Waals surface area contributed by atoms with Crippen molar-refractivity contribution in [1.29, 1.82) is 0 Å². The van der Waals surface area contributed by atoms with E-state index >= 15 is 0 Å². The lowest BCUT2D eigenvalue weighted by Crippen LogP contribution is -2.42. The number of nitrogens with one attached hydrogen (secondary N) is 1. The third-order valence-electron chi connectivity index (χ3n) is 2.05. The zero-order chi connectivity index (χ0) is 13.7. The van der Waals surface area contributed by atoms with Gasteiger partial charge in [0.25, 0.3) is 5.91 Å². The first-order valence-corrected chi connectivity index (χ1v) is 5.07. The van der Waals surface area contributed by atoms with Crippen molar-refractivity contribution in [3.63, 3.8) is 0 Å². The van der Waals surface area contributed by atoms with Gasteiger partial charge in [0.15, 0.2) is 6.10 Å². The number of benzene rings is 1. The smallest absolute Gasteiger partial charge is 0.338 e. The summed E-state index contributed by atoms with van der Waals surface area (Å²) in [6, 6.07) is 5.00. The average molecular weight is 251 g/mol. The van der Waals surface area contributed by atoms with Gasteiger partial charge in [-0.2, -0.15) is 0 Å². The van der Waals surface area contributed by atoms with Crippen molar-refractivity contribution in [2.45, 2.75) is 13.0 Å². The van der Waals surface area contributed by atoms with Gasteiger partial charge >= 0.3 is 12.0 Å². The molecule has 0 saturated carbocycles. The Balaban J connectivity index is 2.62. The SMILES string of the molecule is CC(OC(=O)c1ccc(N)cc1)C(=O)NC(N)=O. The number of nitrogen functional groups attached to an aromatic ring is 1. The Labute approximate surface area is 103 Å². The maximum atomic E-state index is 11.6. The Morgan fingerprint density at radius 3 is 2.28 bits per heavy atom.